The first kappa shape index (κ1) is 12.9. The van der Waals surface area contributed by atoms with Crippen LogP contribution in [0.5, 0.6) is 0 Å². The van der Waals surface area contributed by atoms with E-state index in [9.17, 15) is 0 Å². The van der Waals surface area contributed by atoms with Crippen molar-refractivity contribution in [2.75, 3.05) is 6.54 Å². The monoisotopic (exact) mass is 269 g/mol. The summed E-state index contributed by atoms with van der Waals surface area (Å²) in [7, 11) is 1.97. The lowest BCUT2D eigenvalue weighted by atomic mass is 10.2. The van der Waals surface area contributed by atoms with Gasteiger partial charge in [0.05, 0.1) is 6.54 Å². The summed E-state index contributed by atoms with van der Waals surface area (Å²) in [4.78, 5) is 0. The van der Waals surface area contributed by atoms with Crippen molar-refractivity contribution in [3.8, 4) is 0 Å². The number of benzene rings is 1. The second-order valence-electron chi connectivity index (χ2n) is 4.94. The Labute approximate surface area is 118 Å². The van der Waals surface area contributed by atoms with Crippen LogP contribution in [0, 0.1) is 0 Å². The normalized spacial score (nSPS) is 11.3. The lowest BCUT2D eigenvalue weighted by Gasteiger charge is -2.04. The summed E-state index contributed by atoms with van der Waals surface area (Å²) in [5.74, 6) is 0.959. The predicted octanol–water partition coefficient (Wildman–Crippen LogP) is 1.93. The minimum Gasteiger partial charge on any atom is -0.339 e. The van der Waals surface area contributed by atoms with E-state index in [1.165, 1.54) is 16.5 Å². The Kier molecular flexibility index (Phi) is 3.52. The number of aromatic nitrogens is 4. The quantitative estimate of drug-likeness (QED) is 0.770. The number of hydrogen-bond acceptors (Lipinski definition) is 3. The van der Waals surface area contributed by atoms with Gasteiger partial charge in [-0.2, -0.15) is 0 Å². The van der Waals surface area contributed by atoms with E-state index in [0.29, 0.717) is 0 Å². The van der Waals surface area contributed by atoms with Crippen molar-refractivity contribution in [1.82, 2.24) is 24.6 Å². The molecule has 1 aromatic carbocycles. The van der Waals surface area contributed by atoms with Gasteiger partial charge in [0.15, 0.2) is 5.82 Å². The fourth-order valence-corrected chi connectivity index (χ4v) is 2.46. The highest BCUT2D eigenvalue weighted by atomic mass is 15.3. The summed E-state index contributed by atoms with van der Waals surface area (Å²) >= 11 is 0. The van der Waals surface area contributed by atoms with Crippen molar-refractivity contribution in [2.45, 2.75) is 20.0 Å². The van der Waals surface area contributed by atoms with Crippen LogP contribution >= 0.6 is 0 Å². The zero-order chi connectivity index (χ0) is 13.9. The van der Waals surface area contributed by atoms with Crippen molar-refractivity contribution in [3.63, 3.8) is 0 Å². The van der Waals surface area contributed by atoms with Crippen LogP contribution in [0.15, 0.2) is 36.8 Å². The first-order valence-corrected chi connectivity index (χ1v) is 6.90. The first-order valence-electron chi connectivity index (χ1n) is 6.90. The smallest absolute Gasteiger partial charge is 0.152 e. The number of aryl methyl sites for hydroxylation is 1. The molecule has 2 aromatic heterocycles. The standard InChI is InChI=1S/C15H19N5/c1-3-16-8-12-9-20(10-15-18-17-11-19(15)2)14-7-5-4-6-13(12)14/h4-7,9,11,16H,3,8,10H2,1-2H3. The predicted molar refractivity (Wildman–Crippen MR) is 79.4 cm³/mol. The molecule has 0 unspecified atom stereocenters. The van der Waals surface area contributed by atoms with Crippen LogP contribution in [-0.4, -0.2) is 25.9 Å². The van der Waals surface area contributed by atoms with E-state index >= 15 is 0 Å². The molecule has 0 fully saturated rings. The van der Waals surface area contributed by atoms with Crippen LogP contribution in [0.1, 0.15) is 18.3 Å². The minimum atomic E-state index is 0.739. The number of nitrogens with zero attached hydrogens (tertiary/aromatic N) is 4. The average Bonchev–Trinajstić information content (AvgIpc) is 3.02. The zero-order valence-corrected chi connectivity index (χ0v) is 11.9. The molecule has 104 valence electrons. The summed E-state index contributed by atoms with van der Waals surface area (Å²) < 4.78 is 4.20. The van der Waals surface area contributed by atoms with Crippen LogP contribution < -0.4 is 5.32 Å². The van der Waals surface area contributed by atoms with Gasteiger partial charge in [-0.3, -0.25) is 0 Å². The molecule has 0 spiro atoms. The van der Waals surface area contributed by atoms with Crippen molar-refractivity contribution >= 4 is 10.9 Å². The van der Waals surface area contributed by atoms with Crippen LogP contribution in [0.2, 0.25) is 0 Å². The fraction of sp³-hybridized carbons (Fsp3) is 0.333. The molecule has 0 aliphatic carbocycles. The van der Waals surface area contributed by atoms with E-state index < -0.39 is 0 Å². The third kappa shape index (κ3) is 2.32. The molecule has 0 aliphatic rings. The van der Waals surface area contributed by atoms with Gasteiger partial charge in [0.2, 0.25) is 0 Å². The maximum Gasteiger partial charge on any atom is 0.152 e. The van der Waals surface area contributed by atoms with Crippen LogP contribution in [0.4, 0.5) is 0 Å². The highest BCUT2D eigenvalue weighted by Gasteiger charge is 2.09. The average molecular weight is 269 g/mol. The summed E-state index contributed by atoms with van der Waals surface area (Å²) in [5.41, 5.74) is 2.56. The molecule has 3 rings (SSSR count). The van der Waals surface area contributed by atoms with E-state index in [2.05, 4.69) is 57.5 Å². The van der Waals surface area contributed by atoms with Gasteiger partial charge in [0.1, 0.15) is 6.33 Å². The molecule has 5 heteroatoms. The lowest BCUT2D eigenvalue weighted by molar-refractivity contribution is 0.701. The fourth-order valence-electron chi connectivity index (χ4n) is 2.46. The Morgan fingerprint density at radius 3 is 2.85 bits per heavy atom. The van der Waals surface area contributed by atoms with Crippen molar-refractivity contribution < 1.29 is 0 Å². The van der Waals surface area contributed by atoms with E-state index in [0.717, 1.165) is 25.5 Å². The summed E-state index contributed by atoms with van der Waals surface area (Å²) in [5, 5.41) is 12.8. The molecular formula is C15H19N5. The second kappa shape index (κ2) is 5.46. The van der Waals surface area contributed by atoms with Crippen molar-refractivity contribution in [1.29, 1.82) is 0 Å². The molecule has 0 bridgehead atoms. The SMILES string of the molecule is CCNCc1cn(Cc2nncn2C)c2ccccc12. The molecule has 1 N–H and O–H groups in total. The Balaban J connectivity index is 2.00. The van der Waals surface area contributed by atoms with Crippen LogP contribution in [0.25, 0.3) is 10.9 Å². The Morgan fingerprint density at radius 2 is 2.10 bits per heavy atom. The summed E-state index contributed by atoms with van der Waals surface area (Å²) in [6.45, 7) is 4.73. The van der Waals surface area contributed by atoms with Crippen molar-refractivity contribution in [3.05, 3.63) is 48.2 Å². The first-order chi connectivity index (χ1) is 9.79. The highest BCUT2D eigenvalue weighted by molar-refractivity contribution is 5.84. The van der Waals surface area contributed by atoms with Gasteiger partial charge >= 0.3 is 0 Å². The lowest BCUT2D eigenvalue weighted by Crippen LogP contribution is -2.11. The van der Waals surface area contributed by atoms with Crippen molar-refractivity contribution in [2.24, 2.45) is 7.05 Å². The second-order valence-corrected chi connectivity index (χ2v) is 4.94. The number of hydrogen-bond donors (Lipinski definition) is 1. The Hall–Kier alpha value is -2.14. The molecule has 5 nitrogen and oxygen atoms in total. The highest BCUT2D eigenvalue weighted by Crippen LogP contribution is 2.22. The number of nitrogens with one attached hydrogen (secondary N) is 1. The molecular weight excluding hydrogens is 250 g/mol. The van der Waals surface area contributed by atoms with E-state index in [1.807, 2.05) is 11.6 Å². The molecule has 0 saturated heterocycles. The molecule has 0 amide bonds. The van der Waals surface area contributed by atoms with Gasteiger partial charge in [-0.25, -0.2) is 0 Å². The van der Waals surface area contributed by atoms with Gasteiger partial charge in [0, 0.05) is 30.7 Å². The third-order valence-electron chi connectivity index (χ3n) is 3.55. The number of rotatable bonds is 5. The zero-order valence-electron chi connectivity index (χ0n) is 11.9. The maximum atomic E-state index is 4.17. The number of para-hydroxylation sites is 1. The minimum absolute atomic E-state index is 0.739. The van der Waals surface area contributed by atoms with Crippen LogP contribution in [0.3, 0.4) is 0 Å². The molecule has 0 aliphatic heterocycles. The summed E-state index contributed by atoms with van der Waals surface area (Å²) in [6.07, 6.45) is 3.95. The molecule has 2 heterocycles. The van der Waals surface area contributed by atoms with Gasteiger partial charge in [-0.1, -0.05) is 25.1 Å². The van der Waals surface area contributed by atoms with E-state index in [1.54, 1.807) is 6.33 Å². The van der Waals surface area contributed by atoms with Gasteiger partial charge < -0.3 is 14.5 Å². The van der Waals surface area contributed by atoms with Gasteiger partial charge in [-0.15, -0.1) is 10.2 Å². The molecule has 0 atom stereocenters. The molecule has 3 aromatic rings. The molecule has 0 saturated carbocycles. The third-order valence-corrected chi connectivity index (χ3v) is 3.55. The largest absolute Gasteiger partial charge is 0.339 e. The summed E-state index contributed by atoms with van der Waals surface area (Å²) in [6, 6.07) is 8.49. The maximum absolute atomic E-state index is 4.17. The van der Waals surface area contributed by atoms with Crippen LogP contribution in [-0.2, 0) is 20.1 Å². The van der Waals surface area contributed by atoms with E-state index in [4.69, 9.17) is 0 Å². The topological polar surface area (TPSA) is 47.7 Å². The van der Waals surface area contributed by atoms with E-state index in [-0.39, 0.29) is 0 Å². The molecule has 20 heavy (non-hydrogen) atoms. The number of fused-ring (bicyclic) bond motifs is 1. The molecule has 0 radical (unpaired) electrons. The van der Waals surface area contributed by atoms with Gasteiger partial charge in [0.25, 0.3) is 0 Å². The van der Waals surface area contributed by atoms with Gasteiger partial charge in [-0.05, 0) is 18.2 Å². The Morgan fingerprint density at radius 1 is 1.25 bits per heavy atom. The Bertz CT molecular complexity index is 710.